The van der Waals surface area contributed by atoms with Crippen LogP contribution >= 0.6 is 0 Å². The van der Waals surface area contributed by atoms with Crippen LogP contribution in [0.2, 0.25) is 38.9 Å². The fourth-order valence-corrected chi connectivity index (χ4v) is 3.35. The Morgan fingerprint density at radius 2 is 1.19 bits per heavy atom. The maximum absolute atomic E-state index is 11.5. The Kier molecular flexibility index (Phi) is 17.3. The van der Waals surface area contributed by atoms with E-state index in [1.807, 2.05) is 7.05 Å². The summed E-state index contributed by atoms with van der Waals surface area (Å²) in [6, 6.07) is 0. The first-order valence-electron chi connectivity index (χ1n) is 10.9. The number of carbonyl (C=O) groups is 2. The van der Waals surface area contributed by atoms with Gasteiger partial charge in [-0.25, -0.2) is 0 Å². The van der Waals surface area contributed by atoms with Crippen molar-refractivity contribution in [2.24, 2.45) is 11.8 Å². The number of nitrogens with one attached hydrogen (secondary N) is 1. The molecule has 0 aromatic heterocycles. The summed E-state index contributed by atoms with van der Waals surface area (Å²) in [7, 11) is 1.82. The van der Waals surface area contributed by atoms with Crippen LogP contribution in [0.5, 0.6) is 0 Å². The topological polar surface area (TPSA) is 73.8 Å². The van der Waals surface area contributed by atoms with Crippen LogP contribution in [0.25, 0.3) is 0 Å². The van der Waals surface area contributed by atoms with Crippen LogP contribution in [-0.4, -0.2) is 45.1 Å². The fourth-order valence-electron chi connectivity index (χ4n) is 3.35. The lowest BCUT2D eigenvalue weighted by Gasteiger charge is -2.20. The predicted molar refractivity (Wildman–Crippen MR) is 122 cm³/mol. The molecule has 0 saturated heterocycles. The van der Waals surface area contributed by atoms with Crippen LogP contribution in [-0.2, 0) is 9.59 Å². The fraction of sp³-hybridized carbons (Fsp3) is 0.905. The lowest BCUT2D eigenvalue weighted by atomic mass is 9.42. The summed E-state index contributed by atoms with van der Waals surface area (Å²) in [4.78, 5) is 22.7. The minimum absolute atomic E-state index is 0.305. The molecule has 2 atom stereocenters. The molecule has 0 bridgehead atoms. The zero-order valence-corrected chi connectivity index (χ0v) is 19.7. The van der Waals surface area contributed by atoms with E-state index in [4.69, 9.17) is 0 Å². The zero-order chi connectivity index (χ0) is 21.6. The molecule has 0 amide bonds. The average Bonchev–Trinajstić information content (AvgIpc) is 2.53. The maximum Gasteiger partial charge on any atom is 0.186 e. The van der Waals surface area contributed by atoms with Gasteiger partial charge in [-0.3, -0.25) is 9.59 Å². The first-order chi connectivity index (χ1) is 12.4. The third-order valence-electron chi connectivity index (χ3n) is 5.07. The maximum atomic E-state index is 11.5. The summed E-state index contributed by atoms with van der Waals surface area (Å²) >= 11 is 0. The molecule has 0 unspecified atom stereocenters. The van der Waals surface area contributed by atoms with E-state index < -0.39 is 0 Å². The van der Waals surface area contributed by atoms with E-state index in [1.165, 1.54) is 0 Å². The van der Waals surface area contributed by atoms with Crippen LogP contribution < -0.4 is 11.1 Å². The first-order valence-corrected chi connectivity index (χ1v) is 10.9. The number of Topliss-reactive ketones (excluding diaryl/α,β-unsaturated/α-hetero) is 2. The Morgan fingerprint density at radius 1 is 0.815 bits per heavy atom. The van der Waals surface area contributed by atoms with Crippen LogP contribution in [0.1, 0.15) is 53.4 Å². The van der Waals surface area contributed by atoms with Gasteiger partial charge in [0.15, 0.2) is 5.78 Å². The molecular weight excluding hydrogens is 334 g/mol. The number of hydrogen-bond donors (Lipinski definition) is 2. The summed E-state index contributed by atoms with van der Waals surface area (Å²) in [6.07, 6.45) is 3.77. The average molecular weight is 381 g/mol. The van der Waals surface area contributed by atoms with Crippen molar-refractivity contribution < 1.29 is 15.3 Å². The molecule has 0 aromatic carbocycles. The molecule has 0 aliphatic heterocycles. The van der Waals surface area contributed by atoms with Gasteiger partial charge in [-0.2, -0.15) is 0 Å². The van der Waals surface area contributed by atoms with Crippen LogP contribution in [0, 0.1) is 11.8 Å². The van der Waals surface area contributed by atoms with Crippen molar-refractivity contribution in [3.05, 3.63) is 0 Å². The smallest absolute Gasteiger partial charge is 0.186 e. The molecule has 0 spiro atoms. The zero-order valence-electron chi connectivity index (χ0n) is 19.7. The molecule has 158 valence electrons. The normalized spacial score (nSPS) is 13.0. The van der Waals surface area contributed by atoms with Crippen molar-refractivity contribution >= 4 is 25.0 Å². The third-order valence-corrected chi connectivity index (χ3v) is 5.07. The van der Waals surface area contributed by atoms with E-state index in [0.29, 0.717) is 61.6 Å². The summed E-state index contributed by atoms with van der Waals surface area (Å²) in [5, 5.41) is 2.92. The van der Waals surface area contributed by atoms with Gasteiger partial charge >= 0.3 is 0 Å². The third kappa shape index (κ3) is 17.2. The van der Waals surface area contributed by atoms with E-state index in [1.54, 1.807) is 0 Å². The van der Waals surface area contributed by atoms with E-state index in [-0.39, 0.29) is 0 Å². The summed E-state index contributed by atoms with van der Waals surface area (Å²) in [5.41, 5.74) is 3.63. The Hall–Kier alpha value is -0.610. The van der Waals surface area contributed by atoms with Gasteiger partial charge < -0.3 is 11.1 Å². The van der Waals surface area contributed by atoms with E-state index in [0.717, 1.165) is 25.7 Å². The van der Waals surface area contributed by atoms with Gasteiger partial charge in [-0.15, -0.1) is 0 Å². The highest BCUT2D eigenvalue weighted by Gasteiger charge is 2.21. The summed E-state index contributed by atoms with van der Waals surface area (Å²) in [6.45, 7) is 19.9. The number of likely N-dealkylation sites (N-methyl/N-ethyl adjacent to an activating group) is 1. The van der Waals surface area contributed by atoms with Crippen LogP contribution in [0.3, 0.4) is 0 Å². The highest BCUT2D eigenvalue weighted by Crippen LogP contribution is 2.25. The molecule has 4 N–H and O–H groups in total. The van der Waals surface area contributed by atoms with Gasteiger partial charge in [0.1, 0.15) is 25.8 Å². The van der Waals surface area contributed by atoms with E-state index >= 15 is 0 Å². The SMILES string of the molecule is CB(C)[C@@H](CC(=O)C[NH3+])CC(C)C.CNCC(=O)C[C@@H](CC(C)C)B(C)C. The Morgan fingerprint density at radius 3 is 1.44 bits per heavy atom. The lowest BCUT2D eigenvalue weighted by molar-refractivity contribution is -0.354. The van der Waals surface area contributed by atoms with Gasteiger partial charge in [0.2, 0.25) is 0 Å². The van der Waals surface area contributed by atoms with E-state index in [2.05, 4.69) is 66.0 Å². The van der Waals surface area contributed by atoms with Crippen molar-refractivity contribution in [3.8, 4) is 0 Å². The van der Waals surface area contributed by atoms with Gasteiger partial charge in [-0.1, -0.05) is 79.5 Å². The molecule has 6 heteroatoms. The number of hydrogen-bond acceptors (Lipinski definition) is 3. The Bertz CT molecular complexity index is 400. The molecule has 0 saturated carbocycles. The number of quaternary nitrogens is 1. The molecular formula is C21H47B2N2O2+. The molecule has 0 fully saturated rings. The first kappa shape index (κ1) is 28.6. The van der Waals surface area contributed by atoms with Crippen LogP contribution in [0.4, 0.5) is 0 Å². The van der Waals surface area contributed by atoms with Crippen LogP contribution in [0.15, 0.2) is 0 Å². The van der Waals surface area contributed by atoms with E-state index in [9.17, 15) is 9.59 Å². The second kappa shape index (κ2) is 16.4. The monoisotopic (exact) mass is 381 g/mol. The quantitative estimate of drug-likeness (QED) is 0.478. The molecule has 0 radical (unpaired) electrons. The van der Waals surface area contributed by atoms with Gasteiger partial charge in [-0.05, 0) is 18.9 Å². The molecule has 4 nitrogen and oxygen atoms in total. The second-order valence-corrected chi connectivity index (χ2v) is 9.53. The van der Waals surface area contributed by atoms with Crippen molar-refractivity contribution in [1.82, 2.24) is 5.32 Å². The van der Waals surface area contributed by atoms with Crippen molar-refractivity contribution in [2.75, 3.05) is 20.1 Å². The molecule has 0 aliphatic carbocycles. The molecule has 27 heavy (non-hydrogen) atoms. The second-order valence-electron chi connectivity index (χ2n) is 9.53. The van der Waals surface area contributed by atoms with Crippen molar-refractivity contribution in [3.63, 3.8) is 0 Å². The standard InChI is InChI=1S/C11H24BNO.C10H22BNO/c1-9(2)6-10(12(3)4)7-11(14)8-13-5;1-8(2)5-9(11(3)4)6-10(13)7-12/h9-10,13H,6-8H2,1-5H3;8-9H,5-7,12H2,1-4H3/p+1/t10-;9-/m11/s1. The minimum atomic E-state index is 0.305. The predicted octanol–water partition coefficient (Wildman–Crippen LogP) is 3.69. The lowest BCUT2D eigenvalue weighted by Crippen LogP contribution is -2.54. The van der Waals surface area contributed by atoms with Crippen molar-refractivity contribution in [2.45, 2.75) is 92.3 Å². The van der Waals surface area contributed by atoms with Gasteiger partial charge in [0.25, 0.3) is 0 Å². The highest BCUT2D eigenvalue weighted by atomic mass is 16.1. The summed E-state index contributed by atoms with van der Waals surface area (Å²) < 4.78 is 0. The largest absolute Gasteiger partial charge is 0.351 e. The Labute approximate surface area is 170 Å². The number of rotatable bonds is 13. The number of carbonyl (C=O) groups excluding carboxylic acids is 2. The highest BCUT2D eigenvalue weighted by molar-refractivity contribution is 6.58. The van der Waals surface area contributed by atoms with Gasteiger partial charge in [0, 0.05) is 12.8 Å². The minimum Gasteiger partial charge on any atom is -0.351 e. The van der Waals surface area contributed by atoms with Crippen molar-refractivity contribution in [1.29, 1.82) is 0 Å². The van der Waals surface area contributed by atoms with Gasteiger partial charge in [0.05, 0.1) is 6.54 Å². The molecule has 0 aliphatic rings. The molecule has 0 heterocycles. The number of ketones is 2. The molecule has 0 aromatic rings. The molecule has 0 rings (SSSR count). The summed E-state index contributed by atoms with van der Waals surface area (Å²) in [5.74, 6) is 3.12. The Balaban J connectivity index is 0.